The molecule has 154 valence electrons. The number of nitrogens with zero attached hydrogens (tertiary/aromatic N) is 5. The highest BCUT2D eigenvalue weighted by Gasteiger charge is 2.21. The van der Waals surface area contributed by atoms with Crippen molar-refractivity contribution in [3.63, 3.8) is 0 Å². The van der Waals surface area contributed by atoms with Crippen LogP contribution in [0.15, 0.2) is 60.9 Å². The van der Waals surface area contributed by atoms with Crippen LogP contribution in [0.3, 0.4) is 0 Å². The molecule has 8 nitrogen and oxygen atoms in total. The molecule has 0 aliphatic carbocycles. The summed E-state index contributed by atoms with van der Waals surface area (Å²) < 4.78 is 0. The SMILES string of the molecule is Nc1ncc(C2=CCN(C(=O)c3ccccn3)CC2)nc1-c1nc2ccccc2[nH]1.[HH].[HH].[HH]. The van der Waals surface area contributed by atoms with Crippen molar-refractivity contribution in [3.05, 3.63) is 72.3 Å². The summed E-state index contributed by atoms with van der Waals surface area (Å²) in [6.07, 6.45) is 5.98. The molecule has 0 fully saturated rings. The second-order valence-corrected chi connectivity index (χ2v) is 7.04. The molecule has 30 heavy (non-hydrogen) atoms. The molecule has 0 spiro atoms. The Hall–Kier alpha value is -4.07. The monoisotopic (exact) mass is 403 g/mol. The number of aromatic nitrogens is 5. The third kappa shape index (κ3) is 3.28. The third-order valence-electron chi connectivity index (χ3n) is 5.12. The molecule has 0 radical (unpaired) electrons. The zero-order valence-corrected chi connectivity index (χ0v) is 16.1. The highest BCUT2D eigenvalue weighted by atomic mass is 16.2. The summed E-state index contributed by atoms with van der Waals surface area (Å²) >= 11 is 0. The first-order valence-electron chi connectivity index (χ1n) is 9.66. The molecule has 1 aromatic carbocycles. The molecule has 1 amide bonds. The second kappa shape index (κ2) is 7.40. The highest BCUT2D eigenvalue weighted by Crippen LogP contribution is 2.27. The van der Waals surface area contributed by atoms with Crippen LogP contribution in [0.4, 0.5) is 5.82 Å². The van der Waals surface area contributed by atoms with Crippen LogP contribution in [-0.4, -0.2) is 48.8 Å². The van der Waals surface area contributed by atoms with E-state index in [1.807, 2.05) is 36.4 Å². The molecule has 0 saturated heterocycles. The Kier molecular flexibility index (Phi) is 4.44. The Morgan fingerprint density at radius 2 is 1.97 bits per heavy atom. The first kappa shape index (κ1) is 18.0. The summed E-state index contributed by atoms with van der Waals surface area (Å²) in [5.74, 6) is 0.838. The van der Waals surface area contributed by atoms with E-state index in [0.717, 1.165) is 22.3 Å². The number of pyridine rings is 1. The first-order valence-corrected chi connectivity index (χ1v) is 9.66. The smallest absolute Gasteiger partial charge is 0.272 e. The number of hydrogen-bond donors (Lipinski definition) is 2. The van der Waals surface area contributed by atoms with E-state index in [2.05, 4.69) is 19.9 Å². The van der Waals surface area contributed by atoms with E-state index in [9.17, 15) is 4.79 Å². The van der Waals surface area contributed by atoms with Crippen LogP contribution in [0.25, 0.3) is 28.1 Å². The highest BCUT2D eigenvalue weighted by molar-refractivity contribution is 5.92. The number of nitrogens with one attached hydrogen (secondary N) is 1. The van der Waals surface area contributed by atoms with Gasteiger partial charge in [-0.2, -0.15) is 0 Å². The van der Waals surface area contributed by atoms with Crippen LogP contribution < -0.4 is 5.73 Å². The van der Waals surface area contributed by atoms with E-state index in [1.54, 1.807) is 29.4 Å². The fraction of sp³-hybridized carbons (Fsp3) is 0.136. The van der Waals surface area contributed by atoms with Gasteiger partial charge >= 0.3 is 0 Å². The number of aromatic amines is 1. The number of carbonyl (C=O) groups excluding carboxylic acids is 1. The number of hydrogen-bond acceptors (Lipinski definition) is 6. The predicted octanol–water partition coefficient (Wildman–Crippen LogP) is 3.66. The zero-order chi connectivity index (χ0) is 20.5. The maximum atomic E-state index is 12.6. The number of nitrogens with two attached hydrogens (primary N) is 1. The van der Waals surface area contributed by atoms with Crippen molar-refractivity contribution >= 4 is 28.3 Å². The van der Waals surface area contributed by atoms with Gasteiger partial charge < -0.3 is 15.6 Å². The van der Waals surface area contributed by atoms with E-state index in [1.165, 1.54) is 0 Å². The molecule has 4 heterocycles. The molecule has 0 saturated carbocycles. The van der Waals surface area contributed by atoms with Crippen molar-refractivity contribution in [3.8, 4) is 11.5 Å². The number of carbonyl (C=O) groups is 1. The van der Waals surface area contributed by atoms with Crippen molar-refractivity contribution in [2.45, 2.75) is 6.42 Å². The summed E-state index contributed by atoms with van der Waals surface area (Å²) in [5.41, 5.74) is 10.6. The number of benzene rings is 1. The fourth-order valence-corrected chi connectivity index (χ4v) is 3.53. The minimum atomic E-state index is -0.0720. The van der Waals surface area contributed by atoms with Crippen molar-refractivity contribution in [1.82, 2.24) is 29.8 Å². The number of fused-ring (bicyclic) bond motifs is 1. The largest absolute Gasteiger partial charge is 0.382 e. The third-order valence-corrected chi connectivity index (χ3v) is 5.12. The number of rotatable bonds is 3. The molecule has 0 bridgehead atoms. The number of imidazole rings is 1. The predicted molar refractivity (Wildman–Crippen MR) is 121 cm³/mol. The molecule has 3 N–H and O–H groups in total. The molecule has 5 rings (SSSR count). The van der Waals surface area contributed by atoms with E-state index in [0.29, 0.717) is 42.5 Å². The number of amides is 1. The molecular formula is C22H25N7O. The average Bonchev–Trinajstić information content (AvgIpc) is 3.24. The lowest BCUT2D eigenvalue weighted by Crippen LogP contribution is -2.35. The Balaban J connectivity index is 0.00000128. The molecule has 4 aromatic rings. The Labute approximate surface area is 177 Å². The van der Waals surface area contributed by atoms with Crippen LogP contribution in [0.1, 0.15) is 26.9 Å². The van der Waals surface area contributed by atoms with Crippen LogP contribution >= 0.6 is 0 Å². The lowest BCUT2D eigenvalue weighted by molar-refractivity contribution is 0.0767. The molecular weight excluding hydrogens is 378 g/mol. The van der Waals surface area contributed by atoms with Gasteiger partial charge in [0.2, 0.25) is 0 Å². The van der Waals surface area contributed by atoms with Gasteiger partial charge in [0.05, 0.1) is 22.9 Å². The summed E-state index contributed by atoms with van der Waals surface area (Å²) in [7, 11) is 0. The van der Waals surface area contributed by atoms with Crippen molar-refractivity contribution < 1.29 is 9.07 Å². The van der Waals surface area contributed by atoms with Gasteiger partial charge in [0, 0.05) is 23.6 Å². The minimum absolute atomic E-state index is 0. The minimum Gasteiger partial charge on any atom is -0.382 e. The summed E-state index contributed by atoms with van der Waals surface area (Å²) in [6, 6.07) is 13.1. The van der Waals surface area contributed by atoms with Gasteiger partial charge in [0.25, 0.3) is 5.91 Å². The van der Waals surface area contributed by atoms with Gasteiger partial charge in [-0.1, -0.05) is 24.3 Å². The Bertz CT molecular complexity index is 1240. The quantitative estimate of drug-likeness (QED) is 0.539. The first-order chi connectivity index (χ1) is 14.7. The molecule has 0 unspecified atom stereocenters. The number of anilines is 1. The fourth-order valence-electron chi connectivity index (χ4n) is 3.53. The van der Waals surface area contributed by atoms with Gasteiger partial charge in [-0.05, 0) is 36.3 Å². The Morgan fingerprint density at radius 3 is 2.73 bits per heavy atom. The van der Waals surface area contributed by atoms with E-state index >= 15 is 0 Å². The van der Waals surface area contributed by atoms with Crippen molar-refractivity contribution in [1.29, 1.82) is 0 Å². The van der Waals surface area contributed by atoms with Crippen LogP contribution in [-0.2, 0) is 0 Å². The molecule has 8 heteroatoms. The number of para-hydroxylation sites is 2. The van der Waals surface area contributed by atoms with Gasteiger partial charge in [0.15, 0.2) is 11.6 Å². The normalized spacial score (nSPS) is 14.0. The maximum absolute atomic E-state index is 12.6. The van der Waals surface area contributed by atoms with Gasteiger partial charge in [-0.3, -0.25) is 9.78 Å². The van der Waals surface area contributed by atoms with E-state index < -0.39 is 0 Å². The number of nitrogen functional groups attached to an aromatic ring is 1. The van der Waals surface area contributed by atoms with E-state index in [-0.39, 0.29) is 10.2 Å². The van der Waals surface area contributed by atoms with Crippen LogP contribution in [0.2, 0.25) is 0 Å². The van der Waals surface area contributed by atoms with E-state index in [4.69, 9.17) is 10.7 Å². The summed E-state index contributed by atoms with van der Waals surface area (Å²) in [4.78, 5) is 35.4. The molecule has 1 aliphatic heterocycles. The molecule has 1 aliphatic rings. The lowest BCUT2D eigenvalue weighted by Gasteiger charge is -2.26. The molecule has 0 atom stereocenters. The van der Waals surface area contributed by atoms with Gasteiger partial charge in [0.1, 0.15) is 11.4 Å². The topological polar surface area (TPSA) is 114 Å². The maximum Gasteiger partial charge on any atom is 0.272 e. The average molecular weight is 403 g/mol. The van der Waals surface area contributed by atoms with Crippen molar-refractivity contribution in [2.75, 3.05) is 18.8 Å². The lowest BCUT2D eigenvalue weighted by atomic mass is 10.0. The second-order valence-electron chi connectivity index (χ2n) is 7.04. The number of H-pyrrole nitrogens is 1. The Morgan fingerprint density at radius 1 is 1.10 bits per heavy atom. The molecule has 3 aromatic heterocycles. The standard InChI is InChI=1S/C22H19N7O.3H2/c23-20-19(21-27-15-5-1-2-6-16(15)28-21)26-18(13-25-20)14-8-11-29(12-9-14)22(30)17-7-3-4-10-24-17;;;/h1-8,10,13H,9,11-12H2,(H2,23,25)(H,27,28);3*1H. The van der Waals surface area contributed by atoms with Crippen LogP contribution in [0.5, 0.6) is 0 Å². The van der Waals surface area contributed by atoms with Gasteiger partial charge in [-0.25, -0.2) is 15.0 Å². The summed E-state index contributed by atoms with van der Waals surface area (Å²) in [6.45, 7) is 1.09. The van der Waals surface area contributed by atoms with Gasteiger partial charge in [-0.15, -0.1) is 0 Å². The van der Waals surface area contributed by atoms with Crippen molar-refractivity contribution in [2.24, 2.45) is 0 Å². The zero-order valence-electron chi connectivity index (χ0n) is 16.1. The summed E-state index contributed by atoms with van der Waals surface area (Å²) in [5, 5.41) is 0. The van der Waals surface area contributed by atoms with Crippen LogP contribution in [0, 0.1) is 0 Å².